The van der Waals surface area contributed by atoms with Crippen LogP contribution in [0.5, 0.6) is 0 Å². The topological polar surface area (TPSA) is 24.1 Å². The van der Waals surface area contributed by atoms with E-state index in [0.29, 0.717) is 6.04 Å². The van der Waals surface area contributed by atoms with E-state index in [-0.39, 0.29) is 16.9 Å². The maximum Gasteiger partial charge on any atom is 0.141 e. The van der Waals surface area contributed by atoms with E-state index in [9.17, 15) is 4.39 Å². The van der Waals surface area contributed by atoms with E-state index in [4.69, 9.17) is 11.6 Å². The van der Waals surface area contributed by atoms with Crippen LogP contribution in [-0.4, -0.2) is 19.6 Å². The standard InChI is InChI=1S/C13H18ClFN2/c1-16-13(8-10-3-2-6-17-10)9-4-5-12(15)11(14)7-9/h4-5,7,10,13,16-17H,2-3,6,8H2,1H3. The predicted molar refractivity (Wildman–Crippen MR) is 68.9 cm³/mol. The molecule has 1 aliphatic rings. The predicted octanol–water partition coefficient (Wildman–Crippen LogP) is 2.88. The third-order valence-corrected chi connectivity index (χ3v) is 3.67. The second kappa shape index (κ2) is 5.80. The average molecular weight is 257 g/mol. The molecular weight excluding hydrogens is 239 g/mol. The first kappa shape index (κ1) is 12.8. The summed E-state index contributed by atoms with van der Waals surface area (Å²) in [5, 5.41) is 6.94. The van der Waals surface area contributed by atoms with E-state index in [1.54, 1.807) is 12.1 Å². The Hall–Kier alpha value is -0.640. The van der Waals surface area contributed by atoms with Crippen LogP contribution in [0.2, 0.25) is 5.02 Å². The summed E-state index contributed by atoms with van der Waals surface area (Å²) in [6, 6.07) is 5.73. The fraction of sp³-hybridized carbons (Fsp3) is 0.538. The van der Waals surface area contributed by atoms with Crippen LogP contribution < -0.4 is 10.6 Å². The zero-order valence-electron chi connectivity index (χ0n) is 9.97. The van der Waals surface area contributed by atoms with Gasteiger partial charge >= 0.3 is 0 Å². The Morgan fingerprint density at radius 1 is 1.59 bits per heavy atom. The van der Waals surface area contributed by atoms with Crippen molar-refractivity contribution in [2.45, 2.75) is 31.3 Å². The van der Waals surface area contributed by atoms with Gasteiger partial charge in [-0.25, -0.2) is 4.39 Å². The Morgan fingerprint density at radius 3 is 3.00 bits per heavy atom. The smallest absolute Gasteiger partial charge is 0.141 e. The lowest BCUT2D eigenvalue weighted by Crippen LogP contribution is -2.28. The maximum atomic E-state index is 13.1. The molecule has 1 aromatic rings. The molecule has 2 unspecified atom stereocenters. The van der Waals surface area contributed by atoms with Gasteiger partial charge < -0.3 is 10.6 Å². The van der Waals surface area contributed by atoms with Gasteiger partial charge in [0.15, 0.2) is 0 Å². The van der Waals surface area contributed by atoms with Crippen molar-refractivity contribution in [3.8, 4) is 0 Å². The molecule has 0 radical (unpaired) electrons. The van der Waals surface area contributed by atoms with E-state index in [1.165, 1.54) is 18.9 Å². The Labute approximate surface area is 107 Å². The van der Waals surface area contributed by atoms with E-state index in [1.807, 2.05) is 7.05 Å². The van der Waals surface area contributed by atoms with Crippen LogP contribution in [0.1, 0.15) is 30.9 Å². The molecule has 0 aromatic heterocycles. The monoisotopic (exact) mass is 256 g/mol. The molecule has 4 heteroatoms. The normalized spacial score (nSPS) is 21.7. The molecule has 1 heterocycles. The first-order valence-electron chi connectivity index (χ1n) is 6.06. The van der Waals surface area contributed by atoms with Gasteiger partial charge in [0.25, 0.3) is 0 Å². The Balaban J connectivity index is 2.08. The Morgan fingerprint density at radius 2 is 2.41 bits per heavy atom. The molecule has 2 nitrogen and oxygen atoms in total. The molecule has 2 rings (SSSR count). The van der Waals surface area contributed by atoms with Crippen molar-refractivity contribution in [1.29, 1.82) is 0 Å². The van der Waals surface area contributed by atoms with Crippen LogP contribution in [0.15, 0.2) is 18.2 Å². The molecule has 0 aliphatic carbocycles. The molecule has 1 aromatic carbocycles. The molecule has 0 bridgehead atoms. The van der Waals surface area contributed by atoms with Crippen LogP contribution in [0.3, 0.4) is 0 Å². The minimum atomic E-state index is -0.357. The first-order chi connectivity index (χ1) is 8.20. The molecule has 1 aliphatic heterocycles. The summed E-state index contributed by atoms with van der Waals surface area (Å²) in [7, 11) is 1.93. The number of nitrogens with one attached hydrogen (secondary N) is 2. The third kappa shape index (κ3) is 3.18. The molecule has 2 atom stereocenters. The quantitative estimate of drug-likeness (QED) is 0.866. The van der Waals surface area contributed by atoms with Gasteiger partial charge in [-0.15, -0.1) is 0 Å². The van der Waals surface area contributed by atoms with Crippen LogP contribution >= 0.6 is 11.6 Å². The van der Waals surface area contributed by atoms with Crippen molar-refractivity contribution in [3.63, 3.8) is 0 Å². The highest BCUT2D eigenvalue weighted by molar-refractivity contribution is 6.30. The van der Waals surface area contributed by atoms with Gasteiger partial charge in [0.05, 0.1) is 5.02 Å². The minimum Gasteiger partial charge on any atom is -0.314 e. The highest BCUT2D eigenvalue weighted by Gasteiger charge is 2.20. The zero-order chi connectivity index (χ0) is 12.3. The summed E-state index contributed by atoms with van der Waals surface area (Å²) in [6.45, 7) is 1.10. The maximum absolute atomic E-state index is 13.1. The van der Waals surface area contributed by atoms with Gasteiger partial charge in [0, 0.05) is 12.1 Å². The SMILES string of the molecule is CNC(CC1CCCN1)c1ccc(F)c(Cl)c1. The van der Waals surface area contributed by atoms with E-state index < -0.39 is 0 Å². The number of halogens is 2. The second-order valence-electron chi connectivity index (χ2n) is 4.54. The third-order valence-electron chi connectivity index (χ3n) is 3.38. The van der Waals surface area contributed by atoms with Crippen molar-refractivity contribution in [2.75, 3.05) is 13.6 Å². The van der Waals surface area contributed by atoms with E-state index in [0.717, 1.165) is 18.5 Å². The average Bonchev–Trinajstić information content (AvgIpc) is 2.82. The molecule has 0 spiro atoms. The number of rotatable bonds is 4. The lowest BCUT2D eigenvalue weighted by molar-refractivity contribution is 0.453. The number of hydrogen-bond donors (Lipinski definition) is 2. The molecule has 1 saturated heterocycles. The molecular formula is C13H18ClFN2. The summed E-state index contributed by atoms with van der Waals surface area (Å²) in [5.41, 5.74) is 1.05. The molecule has 1 fully saturated rings. The Bertz CT molecular complexity index is 378. The van der Waals surface area contributed by atoms with Crippen LogP contribution in [0.25, 0.3) is 0 Å². The van der Waals surface area contributed by atoms with Crippen LogP contribution in [0.4, 0.5) is 4.39 Å². The van der Waals surface area contributed by atoms with E-state index >= 15 is 0 Å². The van der Waals surface area contributed by atoms with Crippen LogP contribution in [0, 0.1) is 5.82 Å². The molecule has 0 amide bonds. The van der Waals surface area contributed by atoms with Crippen molar-refractivity contribution in [2.24, 2.45) is 0 Å². The van der Waals surface area contributed by atoms with Gasteiger partial charge in [-0.05, 0) is 50.6 Å². The summed E-state index contributed by atoms with van der Waals surface area (Å²) >= 11 is 5.81. The van der Waals surface area contributed by atoms with Gasteiger partial charge in [0.1, 0.15) is 5.82 Å². The summed E-state index contributed by atoms with van der Waals surface area (Å²) in [6.07, 6.45) is 3.47. The van der Waals surface area contributed by atoms with Gasteiger partial charge in [-0.1, -0.05) is 17.7 Å². The summed E-state index contributed by atoms with van der Waals surface area (Å²) in [5.74, 6) is -0.357. The zero-order valence-corrected chi connectivity index (χ0v) is 10.7. The van der Waals surface area contributed by atoms with Crippen molar-refractivity contribution in [1.82, 2.24) is 10.6 Å². The fourth-order valence-electron chi connectivity index (χ4n) is 2.39. The van der Waals surface area contributed by atoms with Crippen molar-refractivity contribution in [3.05, 3.63) is 34.6 Å². The largest absolute Gasteiger partial charge is 0.314 e. The van der Waals surface area contributed by atoms with Crippen molar-refractivity contribution >= 4 is 11.6 Å². The Kier molecular flexibility index (Phi) is 4.37. The fourth-order valence-corrected chi connectivity index (χ4v) is 2.58. The highest BCUT2D eigenvalue weighted by Crippen LogP contribution is 2.25. The molecule has 94 valence electrons. The summed E-state index contributed by atoms with van der Waals surface area (Å²) in [4.78, 5) is 0. The molecule has 2 N–H and O–H groups in total. The molecule has 0 saturated carbocycles. The molecule has 17 heavy (non-hydrogen) atoms. The minimum absolute atomic E-state index is 0.196. The van der Waals surface area contributed by atoms with Gasteiger partial charge in [-0.3, -0.25) is 0 Å². The highest BCUT2D eigenvalue weighted by atomic mass is 35.5. The summed E-state index contributed by atoms with van der Waals surface area (Å²) < 4.78 is 13.1. The van der Waals surface area contributed by atoms with Gasteiger partial charge in [-0.2, -0.15) is 0 Å². The second-order valence-corrected chi connectivity index (χ2v) is 4.95. The number of benzene rings is 1. The number of hydrogen-bond acceptors (Lipinski definition) is 2. The lowest BCUT2D eigenvalue weighted by atomic mass is 9.98. The lowest BCUT2D eigenvalue weighted by Gasteiger charge is -2.21. The van der Waals surface area contributed by atoms with Gasteiger partial charge in [0.2, 0.25) is 0 Å². The van der Waals surface area contributed by atoms with E-state index in [2.05, 4.69) is 10.6 Å². The first-order valence-corrected chi connectivity index (χ1v) is 6.44. The van der Waals surface area contributed by atoms with Crippen LogP contribution in [-0.2, 0) is 0 Å². The van der Waals surface area contributed by atoms with Crippen molar-refractivity contribution < 1.29 is 4.39 Å².